The summed E-state index contributed by atoms with van der Waals surface area (Å²) in [5.74, 6) is -0.353. The van der Waals surface area contributed by atoms with Crippen molar-refractivity contribution >= 4 is 28.7 Å². The molecule has 0 aliphatic rings. The first-order valence-corrected chi connectivity index (χ1v) is 4.88. The summed E-state index contributed by atoms with van der Waals surface area (Å²) >= 11 is 5.66. The van der Waals surface area contributed by atoms with Gasteiger partial charge >= 0.3 is 5.97 Å². The van der Waals surface area contributed by atoms with Crippen LogP contribution in [0.5, 0.6) is 0 Å². The minimum Gasteiger partial charge on any atom is -0.481 e. The van der Waals surface area contributed by atoms with Gasteiger partial charge in [0.15, 0.2) is 5.58 Å². The van der Waals surface area contributed by atoms with Gasteiger partial charge < -0.3 is 9.52 Å². The minimum atomic E-state index is -0.959. The molecule has 0 spiro atoms. The van der Waals surface area contributed by atoms with Crippen LogP contribution in [0.25, 0.3) is 11.1 Å². The van der Waals surface area contributed by atoms with Gasteiger partial charge in [0.1, 0.15) is 11.9 Å². The second-order valence-electron chi connectivity index (χ2n) is 3.11. The molecule has 0 atom stereocenters. The molecule has 0 radical (unpaired) electrons. The molecule has 0 fully saturated rings. The summed E-state index contributed by atoms with van der Waals surface area (Å²) in [6.45, 7) is 0. The summed E-state index contributed by atoms with van der Waals surface area (Å²) in [5.41, 5.74) is 2.15. The topological polar surface area (TPSA) is 63.3 Å². The van der Waals surface area contributed by atoms with E-state index in [2.05, 4.69) is 4.98 Å². The van der Waals surface area contributed by atoms with Gasteiger partial charge in [-0.3, -0.25) is 4.79 Å². The van der Waals surface area contributed by atoms with Gasteiger partial charge in [0, 0.05) is 5.88 Å². The molecule has 0 saturated carbocycles. The fourth-order valence-corrected chi connectivity index (χ4v) is 1.47. The van der Waals surface area contributed by atoms with Crippen molar-refractivity contribution in [1.82, 2.24) is 4.98 Å². The Bertz CT molecular complexity index is 506. The molecule has 78 valence electrons. The van der Waals surface area contributed by atoms with Crippen molar-refractivity contribution in [3.8, 4) is 0 Å². The lowest BCUT2D eigenvalue weighted by Crippen LogP contribution is -1.99. The third-order valence-corrected chi connectivity index (χ3v) is 2.26. The van der Waals surface area contributed by atoms with Crippen LogP contribution in [0.3, 0.4) is 0 Å². The molecule has 0 bridgehead atoms. The molecule has 4 nitrogen and oxygen atoms in total. The largest absolute Gasteiger partial charge is 0.481 e. The molecular formula is C10H8ClNO3. The quantitative estimate of drug-likeness (QED) is 0.814. The van der Waals surface area contributed by atoms with Crippen LogP contribution in [0.4, 0.5) is 0 Å². The lowest BCUT2D eigenvalue weighted by atomic mass is 10.2. The van der Waals surface area contributed by atoms with Crippen LogP contribution in [-0.4, -0.2) is 16.1 Å². The van der Waals surface area contributed by atoms with Gasteiger partial charge in [-0.1, -0.05) is 6.07 Å². The van der Waals surface area contributed by atoms with E-state index < -0.39 is 5.97 Å². The molecule has 1 N–H and O–H groups in total. The second-order valence-corrected chi connectivity index (χ2v) is 3.38. The highest BCUT2D eigenvalue weighted by Gasteiger charge is 2.09. The Morgan fingerprint density at radius 2 is 2.33 bits per heavy atom. The maximum Gasteiger partial charge on any atom is 0.312 e. The second kappa shape index (κ2) is 3.90. The van der Waals surface area contributed by atoms with E-state index in [1.54, 1.807) is 12.1 Å². The fraction of sp³-hybridized carbons (Fsp3) is 0.200. The number of fused-ring (bicyclic) bond motifs is 1. The molecule has 0 aliphatic heterocycles. The Hall–Kier alpha value is -1.55. The third kappa shape index (κ3) is 2.10. The molecule has 1 heterocycles. The van der Waals surface area contributed by atoms with Gasteiger partial charge in [0.2, 0.25) is 5.89 Å². The Morgan fingerprint density at radius 3 is 3.00 bits per heavy atom. The van der Waals surface area contributed by atoms with Crippen molar-refractivity contribution in [2.24, 2.45) is 0 Å². The third-order valence-electron chi connectivity index (χ3n) is 1.95. The Balaban J connectivity index is 2.42. The number of rotatable bonds is 3. The standard InChI is InChI=1S/C10H8ClNO3/c11-5-6-1-2-7-8(3-6)15-9(12-7)4-10(13)14/h1-3H,4-5H2,(H,13,14). The summed E-state index contributed by atoms with van der Waals surface area (Å²) in [4.78, 5) is 14.5. The van der Waals surface area contributed by atoms with Gasteiger partial charge in [-0.25, -0.2) is 4.98 Å². The van der Waals surface area contributed by atoms with Crippen LogP contribution in [0, 0.1) is 0 Å². The first-order chi connectivity index (χ1) is 7.19. The van der Waals surface area contributed by atoms with Gasteiger partial charge in [-0.2, -0.15) is 0 Å². The molecule has 2 aromatic rings. The van der Waals surface area contributed by atoms with E-state index in [1.165, 1.54) is 0 Å². The zero-order chi connectivity index (χ0) is 10.8. The van der Waals surface area contributed by atoms with Crippen LogP contribution >= 0.6 is 11.6 Å². The summed E-state index contributed by atoms with van der Waals surface area (Å²) < 4.78 is 5.27. The van der Waals surface area contributed by atoms with Gasteiger partial charge in [0.25, 0.3) is 0 Å². The predicted octanol–water partition coefficient (Wildman–Crippen LogP) is 2.19. The van der Waals surface area contributed by atoms with Crippen molar-refractivity contribution in [2.45, 2.75) is 12.3 Å². The Labute approximate surface area is 90.5 Å². The zero-order valence-electron chi connectivity index (χ0n) is 7.74. The van der Waals surface area contributed by atoms with Crippen molar-refractivity contribution in [1.29, 1.82) is 0 Å². The number of hydrogen-bond donors (Lipinski definition) is 1. The maximum absolute atomic E-state index is 10.4. The monoisotopic (exact) mass is 225 g/mol. The van der Waals surface area contributed by atoms with E-state index in [9.17, 15) is 4.79 Å². The minimum absolute atomic E-state index is 0.203. The van der Waals surface area contributed by atoms with Crippen LogP contribution < -0.4 is 0 Å². The number of hydrogen-bond acceptors (Lipinski definition) is 3. The first-order valence-electron chi connectivity index (χ1n) is 4.35. The van der Waals surface area contributed by atoms with E-state index in [-0.39, 0.29) is 12.3 Å². The number of benzene rings is 1. The normalized spacial score (nSPS) is 10.7. The fourth-order valence-electron chi connectivity index (χ4n) is 1.30. The SMILES string of the molecule is O=C(O)Cc1nc2ccc(CCl)cc2o1. The number of alkyl halides is 1. The summed E-state index contributed by atoms with van der Waals surface area (Å²) in [6, 6.07) is 5.37. The zero-order valence-corrected chi connectivity index (χ0v) is 8.49. The van der Waals surface area contributed by atoms with Crippen LogP contribution in [0.15, 0.2) is 22.6 Å². The maximum atomic E-state index is 10.4. The number of nitrogens with zero attached hydrogens (tertiary/aromatic N) is 1. The van der Waals surface area contributed by atoms with Gasteiger partial charge in [-0.05, 0) is 17.7 Å². The number of aliphatic carboxylic acids is 1. The number of oxazole rings is 1. The highest BCUT2D eigenvalue weighted by atomic mass is 35.5. The number of carboxylic acids is 1. The van der Waals surface area contributed by atoms with E-state index in [4.69, 9.17) is 21.1 Å². The lowest BCUT2D eigenvalue weighted by Gasteiger charge is -1.91. The molecule has 0 saturated heterocycles. The molecule has 0 amide bonds. The average Bonchev–Trinajstić information content (AvgIpc) is 2.57. The molecular weight excluding hydrogens is 218 g/mol. The van der Waals surface area contributed by atoms with Crippen LogP contribution in [-0.2, 0) is 17.1 Å². The summed E-state index contributed by atoms with van der Waals surface area (Å²) in [7, 11) is 0. The van der Waals surface area contributed by atoms with E-state index in [0.29, 0.717) is 17.0 Å². The van der Waals surface area contributed by atoms with Crippen molar-refractivity contribution in [3.05, 3.63) is 29.7 Å². The molecule has 5 heteroatoms. The summed E-state index contributed by atoms with van der Waals surface area (Å²) in [6.07, 6.45) is -0.203. The number of halogens is 1. The van der Waals surface area contributed by atoms with E-state index >= 15 is 0 Å². The van der Waals surface area contributed by atoms with Crippen LogP contribution in [0.1, 0.15) is 11.5 Å². The van der Waals surface area contributed by atoms with E-state index in [0.717, 1.165) is 5.56 Å². The average molecular weight is 226 g/mol. The molecule has 1 aromatic heterocycles. The van der Waals surface area contributed by atoms with Crippen molar-refractivity contribution < 1.29 is 14.3 Å². The number of carboxylic acid groups (broad SMARTS) is 1. The molecule has 0 unspecified atom stereocenters. The van der Waals surface area contributed by atoms with E-state index in [1.807, 2.05) is 6.07 Å². The van der Waals surface area contributed by atoms with Gasteiger partial charge in [-0.15, -0.1) is 11.6 Å². The smallest absolute Gasteiger partial charge is 0.312 e. The lowest BCUT2D eigenvalue weighted by molar-refractivity contribution is -0.136. The number of carbonyl (C=O) groups is 1. The van der Waals surface area contributed by atoms with Crippen molar-refractivity contribution in [2.75, 3.05) is 0 Å². The Kier molecular flexibility index (Phi) is 2.60. The highest BCUT2D eigenvalue weighted by Crippen LogP contribution is 2.18. The predicted molar refractivity (Wildman–Crippen MR) is 54.9 cm³/mol. The Morgan fingerprint density at radius 1 is 1.53 bits per heavy atom. The molecule has 15 heavy (non-hydrogen) atoms. The molecule has 0 aliphatic carbocycles. The summed E-state index contributed by atoms with van der Waals surface area (Å²) in [5, 5.41) is 8.57. The van der Waals surface area contributed by atoms with Gasteiger partial charge in [0.05, 0.1) is 0 Å². The molecule has 1 aromatic carbocycles. The van der Waals surface area contributed by atoms with Crippen molar-refractivity contribution in [3.63, 3.8) is 0 Å². The highest BCUT2D eigenvalue weighted by molar-refractivity contribution is 6.17. The van der Waals surface area contributed by atoms with Crippen LogP contribution in [0.2, 0.25) is 0 Å². The molecule has 2 rings (SSSR count). The number of aromatic nitrogens is 1. The first kappa shape index (κ1) is 9.98.